The van der Waals surface area contributed by atoms with Gasteiger partial charge in [0.05, 0.1) is 80.6 Å². The first-order valence-electron chi connectivity index (χ1n) is 48.8. The number of ether oxygens (including phenoxy) is 6. The Hall–Kier alpha value is -12.1. The summed E-state index contributed by atoms with van der Waals surface area (Å²) in [5.74, 6) is -3.56. The summed E-state index contributed by atoms with van der Waals surface area (Å²) in [4.78, 5) is 116. The SMILES string of the molecule is CC(C)(C)OC(=O)N1CC(OCCNc2cccc(S(=O)(=O)NC(=O)c3ccc(C(C)(C)C)nc3F)n2)CC1(C)C.CC(C)(C)OC(=O)N1CC(OCCNc2cccc(S(N)(=O)=O)n2)CC1(C)C.CC(C)(C)c1ccc(C(=O)O)c(F)n1.CC(C)(C)c1ccc2c(n1)N1CC(CC1(C)C)OCCNc1cccc(n1)S(=O)(=O)NC2=O.CC(C)(C)c1ccc2c(n1)N1CC(CC1(C)C)OCCNc1cccc(n1)S(=O)(=O)NC2=O. The van der Waals surface area contributed by atoms with Crippen LogP contribution in [0.3, 0.4) is 0 Å². The molecule has 5 amide bonds. The fourth-order valence-electron chi connectivity index (χ4n) is 16.7. The summed E-state index contributed by atoms with van der Waals surface area (Å²) < 4.78 is 169. The number of nitrogens with one attached hydrogen (secondary N) is 7. The molecule has 47 heteroatoms. The van der Waals surface area contributed by atoms with Gasteiger partial charge < -0.3 is 74.4 Å². The Morgan fingerprint density at radius 1 is 0.463 bits per heavy atom. The third kappa shape index (κ3) is 32.7. The summed E-state index contributed by atoms with van der Waals surface area (Å²) >= 11 is 0. The predicted molar refractivity (Wildman–Crippen MR) is 559 cm³/mol. The van der Waals surface area contributed by atoms with E-state index in [9.17, 15) is 71.2 Å². The quantitative estimate of drug-likeness (QED) is 0.0340. The minimum Gasteiger partial charge on any atom is -0.478 e. The van der Waals surface area contributed by atoms with Gasteiger partial charge in [-0.3, -0.25) is 14.4 Å². The molecule has 6 aliphatic rings. The van der Waals surface area contributed by atoms with Gasteiger partial charge in [-0.25, -0.2) is 82.0 Å². The van der Waals surface area contributed by atoms with Crippen molar-refractivity contribution >= 4 is 111 Å². The molecule has 0 radical (unpaired) electrons. The van der Waals surface area contributed by atoms with E-state index in [-0.39, 0.29) is 108 Å². The van der Waals surface area contributed by atoms with E-state index in [2.05, 4.69) is 98.1 Å². The summed E-state index contributed by atoms with van der Waals surface area (Å²) in [6, 6.07) is 30.3. The van der Waals surface area contributed by atoms with E-state index in [0.29, 0.717) is 125 Å². The van der Waals surface area contributed by atoms with Crippen LogP contribution in [0.4, 0.5) is 53.3 Å². The Morgan fingerprint density at radius 2 is 0.819 bits per heavy atom. The lowest BCUT2D eigenvalue weighted by Crippen LogP contribution is -2.45. The standard InChI is InChI=1S/C28H40FN5O6S.2C23H31N5O4S.C18H30N4O5S.C10H12FNO2/c1-26(2,3)20-13-12-19(23(29)31-20)24(35)33-41(37,38)22-11-9-10-21(32-22)30-14-15-39-18-16-28(7,8)34(17-18)25(36)40-27(4,5)6;2*1-22(2,3)17-10-9-16-20(25-17)28-14-15(13-23(28,4)5)32-12-11-24-18-7-6-8-19(26-18)33(30,31)27-21(16)29;1-17(2,3)27-16(23)22-12-13(11-18(22,4)5)26-10-9-20-14-7-6-8-15(21-14)28(19,24)25;1-10(2,3)7-5-4-6(9(13)14)8(11)12-7/h9-13,18H,14-17H2,1-8H3,(H,30,32)(H,33,35);2*6-10,15H,11-14H2,1-5H3,(H,24,26)(H,27,29);6-8,13H,9-12H2,1-5H3,(H,20,21)(H2,19,24,25);4-5H,1-3H3,(H,13,14). The zero-order valence-electron chi connectivity index (χ0n) is 89.6. The number of fused-ring (bicyclic) bond motifs is 12. The number of carboxylic acid groups (broad SMARTS) is 1. The van der Waals surface area contributed by atoms with Gasteiger partial charge in [0.2, 0.25) is 11.9 Å². The van der Waals surface area contributed by atoms with Crippen molar-refractivity contribution in [2.45, 2.75) is 305 Å². The number of nitrogens with two attached hydrogens (primary N) is 1. The van der Waals surface area contributed by atoms with Gasteiger partial charge in [-0.05, 0) is 220 Å². The van der Waals surface area contributed by atoms with Crippen molar-refractivity contribution in [1.82, 2.24) is 63.8 Å². The van der Waals surface area contributed by atoms with Crippen molar-refractivity contribution in [2.24, 2.45) is 5.14 Å². The average molecular weight is 2150 g/mol. The second kappa shape index (κ2) is 46.4. The van der Waals surface area contributed by atoms with Gasteiger partial charge in [-0.2, -0.15) is 34.0 Å². The zero-order valence-corrected chi connectivity index (χ0v) is 92.9. The summed E-state index contributed by atoms with van der Waals surface area (Å²) in [6.45, 7) is 55.8. The third-order valence-electron chi connectivity index (χ3n) is 24.3. The number of carbonyl (C=O) groups excluding carboxylic acids is 5. The lowest BCUT2D eigenvalue weighted by Gasteiger charge is -2.34. The van der Waals surface area contributed by atoms with E-state index in [1.807, 2.05) is 157 Å². The predicted octanol–water partition coefficient (Wildman–Crippen LogP) is 13.8. The fourth-order valence-corrected chi connectivity index (χ4v) is 20.0. The second-order valence-electron chi connectivity index (χ2n) is 45.5. The number of rotatable bonds is 15. The lowest BCUT2D eigenvalue weighted by molar-refractivity contribution is 0.00953. The third-order valence-corrected chi connectivity index (χ3v) is 28.8. The van der Waals surface area contributed by atoms with Gasteiger partial charge in [0.25, 0.3) is 57.8 Å². The molecule has 149 heavy (non-hydrogen) atoms. The fraction of sp³-hybridized carbons (Fsp3) is 0.549. The number of sulfonamides is 4. The van der Waals surface area contributed by atoms with Crippen LogP contribution < -0.4 is 50.4 Å². The molecule has 8 bridgehead atoms. The number of pyridine rings is 8. The van der Waals surface area contributed by atoms with Gasteiger partial charge in [0, 0.05) is 106 Å². The second-order valence-corrected chi connectivity index (χ2v) is 51.8. The monoisotopic (exact) mass is 2150 g/mol. The summed E-state index contributed by atoms with van der Waals surface area (Å²) in [5, 5.41) is 24.7. The first-order valence-corrected chi connectivity index (χ1v) is 54.8. The molecule has 14 heterocycles. The largest absolute Gasteiger partial charge is 0.478 e. The molecule has 14 rings (SSSR count). The Labute approximate surface area is 872 Å². The van der Waals surface area contributed by atoms with Crippen LogP contribution in [0.1, 0.15) is 270 Å². The van der Waals surface area contributed by atoms with Gasteiger partial charge >= 0.3 is 18.2 Å². The maximum absolute atomic E-state index is 14.5. The van der Waals surface area contributed by atoms with Crippen LogP contribution in [0.15, 0.2) is 141 Å². The molecule has 41 nitrogen and oxygen atoms in total. The maximum Gasteiger partial charge on any atom is 0.410 e. The van der Waals surface area contributed by atoms with E-state index < -0.39 is 114 Å². The molecule has 0 spiro atoms. The number of hydrogen-bond acceptors (Lipinski definition) is 34. The van der Waals surface area contributed by atoms with E-state index >= 15 is 0 Å². The van der Waals surface area contributed by atoms with Gasteiger partial charge in [-0.1, -0.05) is 107 Å². The minimum atomic E-state index is -4.40. The van der Waals surface area contributed by atoms with Crippen molar-refractivity contribution in [3.05, 3.63) is 178 Å². The Balaban J connectivity index is 0.000000196. The number of amides is 5. The topological polar surface area (TPSA) is 541 Å². The number of halogens is 2. The maximum atomic E-state index is 14.5. The minimum absolute atomic E-state index is 0.0500. The normalized spacial score (nSPS) is 19.4. The summed E-state index contributed by atoms with van der Waals surface area (Å²) in [5.41, 5.74) is -1.71. The highest BCUT2D eigenvalue weighted by atomic mass is 32.2. The number of aromatic carboxylic acids is 1. The number of anilines is 6. The van der Waals surface area contributed by atoms with Crippen LogP contribution in [-0.4, -0.2) is 261 Å². The van der Waals surface area contributed by atoms with Crippen LogP contribution in [0.25, 0.3) is 0 Å². The smallest absolute Gasteiger partial charge is 0.410 e. The van der Waals surface area contributed by atoms with Crippen molar-refractivity contribution in [1.29, 1.82) is 0 Å². The molecule has 8 aromatic heterocycles. The molecule has 4 saturated heterocycles. The lowest BCUT2D eigenvalue weighted by atomic mass is 9.91. The highest BCUT2D eigenvalue weighted by molar-refractivity contribution is 7.90. The Bertz CT molecular complexity index is 6500. The first-order chi connectivity index (χ1) is 68.6. The zero-order chi connectivity index (χ0) is 111. The number of aromatic nitrogens is 8. The molecule has 0 aliphatic carbocycles. The number of nitrogens with zero attached hydrogens (tertiary/aromatic N) is 12. The van der Waals surface area contributed by atoms with E-state index in [1.165, 1.54) is 54.6 Å². The van der Waals surface area contributed by atoms with Crippen LogP contribution in [0.5, 0.6) is 0 Å². The van der Waals surface area contributed by atoms with Crippen LogP contribution in [-0.2, 0) is 90.2 Å². The molecule has 10 N–H and O–H groups in total. The van der Waals surface area contributed by atoms with E-state index in [1.54, 1.807) is 76.5 Å². The number of primary sulfonamides is 1. The summed E-state index contributed by atoms with van der Waals surface area (Å²) in [6.07, 6.45) is 1.71. The van der Waals surface area contributed by atoms with Gasteiger partial charge in [0.1, 0.15) is 51.7 Å². The van der Waals surface area contributed by atoms with Gasteiger partial charge in [0.15, 0.2) is 20.1 Å². The van der Waals surface area contributed by atoms with Crippen molar-refractivity contribution in [3.63, 3.8) is 0 Å². The van der Waals surface area contributed by atoms with Crippen molar-refractivity contribution < 1.29 is 105 Å². The molecule has 0 saturated carbocycles. The van der Waals surface area contributed by atoms with Gasteiger partial charge in [-0.15, -0.1) is 0 Å². The van der Waals surface area contributed by atoms with Crippen molar-refractivity contribution in [2.75, 3.05) is 110 Å². The molecule has 8 aromatic rings. The van der Waals surface area contributed by atoms with E-state index in [4.69, 9.17) is 48.6 Å². The average Bonchev–Trinajstić information content (AvgIpc) is 1.64. The molecule has 0 aromatic carbocycles. The van der Waals surface area contributed by atoms with Crippen LogP contribution >= 0.6 is 0 Å². The molecular formula is C102H144F2N20O21S4. The molecule has 4 unspecified atom stereocenters. The Morgan fingerprint density at radius 3 is 1.18 bits per heavy atom. The summed E-state index contributed by atoms with van der Waals surface area (Å²) in [7, 11) is -16.6. The Kier molecular flexibility index (Phi) is 37.0. The van der Waals surface area contributed by atoms with Crippen LogP contribution in [0, 0.1) is 11.9 Å². The van der Waals surface area contributed by atoms with E-state index in [0.717, 1.165) is 24.2 Å². The highest BCUT2D eigenvalue weighted by Crippen LogP contribution is 2.42. The van der Waals surface area contributed by atoms with Crippen molar-refractivity contribution in [3.8, 4) is 0 Å². The number of carboxylic acids is 1. The first kappa shape index (κ1) is 119. The van der Waals surface area contributed by atoms with Crippen LogP contribution in [0.2, 0.25) is 0 Å². The number of carbonyl (C=O) groups is 6. The highest BCUT2D eigenvalue weighted by Gasteiger charge is 2.48. The number of hydrogen-bond donors (Lipinski definition) is 9. The molecule has 4 atom stereocenters. The molecule has 6 aliphatic heterocycles. The molecule has 816 valence electrons. The molecular weight excluding hydrogens is 2010 g/mol. The number of likely N-dealkylation sites (tertiary alicyclic amines) is 2. The molecule has 4 fully saturated rings.